The number of likely N-dealkylation sites (N-methyl/N-ethyl adjacent to an activating group) is 1. The van der Waals surface area contributed by atoms with Crippen molar-refractivity contribution in [3.63, 3.8) is 0 Å². The highest BCUT2D eigenvalue weighted by atomic mass is 32.2. The maximum absolute atomic E-state index is 13.1. The fourth-order valence-corrected chi connectivity index (χ4v) is 2.21. The van der Waals surface area contributed by atoms with Crippen molar-refractivity contribution < 1.29 is 22.0 Å². The molecule has 1 aromatic rings. The van der Waals surface area contributed by atoms with E-state index in [1.165, 1.54) is 6.07 Å². The van der Waals surface area contributed by atoms with Crippen LogP contribution in [-0.4, -0.2) is 50.7 Å². The lowest BCUT2D eigenvalue weighted by Gasteiger charge is -2.23. The summed E-state index contributed by atoms with van der Waals surface area (Å²) in [7, 11) is -1.51. The Labute approximate surface area is 117 Å². The summed E-state index contributed by atoms with van der Waals surface area (Å²) in [6, 6.07) is 2.33. The topological polar surface area (TPSA) is 54.5 Å². The Bertz CT molecular complexity index is 602. The van der Waals surface area contributed by atoms with Crippen LogP contribution in [0.3, 0.4) is 0 Å². The molecule has 0 heterocycles. The van der Waals surface area contributed by atoms with E-state index in [0.29, 0.717) is 0 Å². The van der Waals surface area contributed by atoms with Crippen molar-refractivity contribution in [3.05, 3.63) is 35.4 Å². The molecule has 7 heteroatoms. The molecule has 1 atom stereocenters. The van der Waals surface area contributed by atoms with E-state index in [1.54, 1.807) is 18.9 Å². The summed E-state index contributed by atoms with van der Waals surface area (Å²) in [4.78, 5) is 13.7. The molecule has 0 radical (unpaired) electrons. The van der Waals surface area contributed by atoms with Gasteiger partial charge in [-0.05, 0) is 32.2 Å². The highest BCUT2D eigenvalue weighted by molar-refractivity contribution is 7.90. The number of carbonyl (C=O) groups is 1. The molecule has 0 saturated carbocycles. The first-order valence-electron chi connectivity index (χ1n) is 5.99. The first kappa shape index (κ1) is 16.7. The standard InChI is InChI=1S/C13H17F2NO3S/c1-9(16(2)6-7-20(3,18)19)13(17)10-4-5-11(14)12(15)8-10/h4-5,8-9H,6-7H2,1-3H3. The Morgan fingerprint density at radius 2 is 1.90 bits per heavy atom. The summed E-state index contributed by atoms with van der Waals surface area (Å²) >= 11 is 0. The Balaban J connectivity index is 2.77. The van der Waals surface area contributed by atoms with E-state index in [9.17, 15) is 22.0 Å². The van der Waals surface area contributed by atoms with Gasteiger partial charge in [-0.1, -0.05) is 0 Å². The summed E-state index contributed by atoms with van der Waals surface area (Å²) in [6.07, 6.45) is 1.11. The highest BCUT2D eigenvalue weighted by Crippen LogP contribution is 2.12. The molecule has 0 spiro atoms. The summed E-state index contributed by atoms with van der Waals surface area (Å²) in [5.41, 5.74) is 0.0580. The molecule has 0 aliphatic rings. The van der Waals surface area contributed by atoms with Crippen LogP contribution in [0, 0.1) is 11.6 Å². The average Bonchev–Trinajstić information content (AvgIpc) is 2.36. The third-order valence-corrected chi connectivity index (χ3v) is 3.98. The first-order chi connectivity index (χ1) is 9.11. The van der Waals surface area contributed by atoms with Gasteiger partial charge in [0, 0.05) is 18.4 Å². The minimum absolute atomic E-state index is 0.0580. The molecule has 1 aromatic carbocycles. The van der Waals surface area contributed by atoms with Crippen LogP contribution in [0.5, 0.6) is 0 Å². The maximum Gasteiger partial charge on any atom is 0.179 e. The molecule has 0 aliphatic carbocycles. The van der Waals surface area contributed by atoms with E-state index in [-0.39, 0.29) is 23.6 Å². The van der Waals surface area contributed by atoms with Crippen LogP contribution in [0.1, 0.15) is 17.3 Å². The van der Waals surface area contributed by atoms with Gasteiger partial charge in [0.1, 0.15) is 9.84 Å². The number of halogens is 2. The smallest absolute Gasteiger partial charge is 0.179 e. The van der Waals surface area contributed by atoms with Crippen molar-refractivity contribution >= 4 is 15.6 Å². The van der Waals surface area contributed by atoms with Crippen LogP contribution in [0.2, 0.25) is 0 Å². The van der Waals surface area contributed by atoms with Crippen molar-refractivity contribution in [1.29, 1.82) is 0 Å². The monoisotopic (exact) mass is 305 g/mol. The number of hydrogen-bond donors (Lipinski definition) is 0. The summed E-state index contributed by atoms with van der Waals surface area (Å²) in [5.74, 6) is -2.56. The predicted octanol–water partition coefficient (Wildman–Crippen LogP) is 1.51. The van der Waals surface area contributed by atoms with Gasteiger partial charge in [-0.2, -0.15) is 0 Å². The molecule has 4 nitrogen and oxygen atoms in total. The number of Topliss-reactive ketones (excluding diaryl/α,β-unsaturated/α-hetero) is 1. The van der Waals surface area contributed by atoms with E-state index in [1.807, 2.05) is 0 Å². The molecular formula is C13H17F2NO3S. The zero-order valence-corrected chi connectivity index (χ0v) is 12.4. The van der Waals surface area contributed by atoms with Crippen molar-refractivity contribution in [2.45, 2.75) is 13.0 Å². The lowest BCUT2D eigenvalue weighted by Crippen LogP contribution is -2.38. The molecule has 0 aromatic heterocycles. The molecule has 0 N–H and O–H groups in total. The number of benzene rings is 1. The Morgan fingerprint density at radius 3 is 2.40 bits per heavy atom. The Kier molecular flexibility index (Phi) is 5.35. The summed E-state index contributed by atoms with van der Waals surface area (Å²) < 4.78 is 48.1. The SMILES string of the molecule is CC(C(=O)c1ccc(F)c(F)c1)N(C)CCS(C)(=O)=O. The molecule has 20 heavy (non-hydrogen) atoms. The predicted molar refractivity (Wildman–Crippen MR) is 72.5 cm³/mol. The summed E-state index contributed by atoms with van der Waals surface area (Å²) in [6.45, 7) is 1.78. The van der Waals surface area contributed by atoms with Gasteiger partial charge in [0.15, 0.2) is 17.4 Å². The lowest BCUT2D eigenvalue weighted by molar-refractivity contribution is 0.0873. The molecule has 112 valence electrons. The number of sulfone groups is 1. The van der Waals surface area contributed by atoms with Gasteiger partial charge in [0.2, 0.25) is 0 Å². The van der Waals surface area contributed by atoms with Crippen molar-refractivity contribution in [2.24, 2.45) is 0 Å². The average molecular weight is 305 g/mol. The minimum Gasteiger partial charge on any atom is -0.296 e. The molecule has 0 fully saturated rings. The number of carbonyl (C=O) groups excluding carboxylic acids is 1. The zero-order chi connectivity index (χ0) is 15.5. The van der Waals surface area contributed by atoms with Gasteiger partial charge >= 0.3 is 0 Å². The van der Waals surface area contributed by atoms with E-state index in [0.717, 1.165) is 18.4 Å². The quantitative estimate of drug-likeness (QED) is 0.748. The number of rotatable bonds is 6. The third kappa shape index (κ3) is 4.64. The van der Waals surface area contributed by atoms with E-state index in [4.69, 9.17) is 0 Å². The lowest BCUT2D eigenvalue weighted by atomic mass is 10.0. The van der Waals surface area contributed by atoms with E-state index in [2.05, 4.69) is 0 Å². The van der Waals surface area contributed by atoms with Crippen molar-refractivity contribution in [3.8, 4) is 0 Å². The molecule has 0 aliphatic heterocycles. The van der Waals surface area contributed by atoms with Gasteiger partial charge in [-0.25, -0.2) is 17.2 Å². The number of hydrogen-bond acceptors (Lipinski definition) is 4. The molecule has 0 saturated heterocycles. The molecule has 1 rings (SSSR count). The minimum atomic E-state index is -3.12. The van der Waals surface area contributed by atoms with Crippen LogP contribution in [0.15, 0.2) is 18.2 Å². The van der Waals surface area contributed by atoms with Crippen LogP contribution in [-0.2, 0) is 9.84 Å². The Morgan fingerprint density at radius 1 is 1.30 bits per heavy atom. The summed E-state index contributed by atoms with van der Waals surface area (Å²) in [5, 5.41) is 0. The van der Waals surface area contributed by atoms with Crippen LogP contribution in [0.4, 0.5) is 8.78 Å². The van der Waals surface area contributed by atoms with Gasteiger partial charge in [-0.3, -0.25) is 9.69 Å². The number of nitrogens with zero attached hydrogens (tertiary/aromatic N) is 1. The second-order valence-electron chi connectivity index (χ2n) is 4.78. The molecular weight excluding hydrogens is 288 g/mol. The third-order valence-electron chi connectivity index (χ3n) is 3.06. The first-order valence-corrected chi connectivity index (χ1v) is 8.05. The molecule has 0 bridgehead atoms. The maximum atomic E-state index is 13.1. The van der Waals surface area contributed by atoms with E-state index < -0.39 is 27.5 Å². The van der Waals surface area contributed by atoms with Crippen LogP contribution >= 0.6 is 0 Å². The Hall–Kier alpha value is -1.34. The zero-order valence-electron chi connectivity index (χ0n) is 11.6. The second kappa shape index (κ2) is 6.41. The van der Waals surface area contributed by atoms with Gasteiger partial charge in [0.25, 0.3) is 0 Å². The van der Waals surface area contributed by atoms with Gasteiger partial charge in [0.05, 0.1) is 11.8 Å². The largest absolute Gasteiger partial charge is 0.296 e. The number of ketones is 1. The molecule has 1 unspecified atom stereocenters. The van der Waals surface area contributed by atoms with E-state index >= 15 is 0 Å². The molecule has 0 amide bonds. The highest BCUT2D eigenvalue weighted by Gasteiger charge is 2.21. The second-order valence-corrected chi connectivity index (χ2v) is 7.04. The van der Waals surface area contributed by atoms with Crippen molar-refractivity contribution in [2.75, 3.05) is 25.6 Å². The van der Waals surface area contributed by atoms with Crippen LogP contribution < -0.4 is 0 Å². The normalized spacial score (nSPS) is 13.5. The fraction of sp³-hybridized carbons (Fsp3) is 0.462. The van der Waals surface area contributed by atoms with Crippen LogP contribution in [0.25, 0.3) is 0 Å². The van der Waals surface area contributed by atoms with Gasteiger partial charge < -0.3 is 0 Å². The van der Waals surface area contributed by atoms with Gasteiger partial charge in [-0.15, -0.1) is 0 Å². The fourth-order valence-electron chi connectivity index (χ4n) is 1.59. The van der Waals surface area contributed by atoms with Crippen molar-refractivity contribution in [1.82, 2.24) is 4.90 Å².